The highest BCUT2D eigenvalue weighted by atomic mass is 15.2. The van der Waals surface area contributed by atoms with Crippen molar-refractivity contribution >= 4 is 0 Å². The number of rotatable bonds is 1. The molecule has 3 aliphatic heterocycles. The number of piperidine rings is 3. The summed E-state index contributed by atoms with van der Waals surface area (Å²) in [6.07, 6.45) is 8.83. The second-order valence-electron chi connectivity index (χ2n) is 5.37. The molecule has 1 aliphatic carbocycles. The summed E-state index contributed by atoms with van der Waals surface area (Å²) in [4.78, 5) is 2.84. The molecule has 3 saturated heterocycles. The van der Waals surface area contributed by atoms with Gasteiger partial charge >= 0.3 is 0 Å². The molecule has 0 spiro atoms. The van der Waals surface area contributed by atoms with Gasteiger partial charge in [-0.1, -0.05) is 0 Å². The monoisotopic (exact) mass is 194 g/mol. The molecule has 2 heteroatoms. The Balaban J connectivity index is 1.66. The van der Waals surface area contributed by atoms with Gasteiger partial charge in [-0.25, -0.2) is 0 Å². The van der Waals surface area contributed by atoms with Gasteiger partial charge in [-0.15, -0.1) is 0 Å². The van der Waals surface area contributed by atoms with Crippen LogP contribution in [0.25, 0.3) is 0 Å². The smallest absolute Gasteiger partial charge is 0.0224 e. The van der Waals surface area contributed by atoms with Crippen LogP contribution in [-0.4, -0.2) is 36.6 Å². The van der Waals surface area contributed by atoms with Crippen molar-refractivity contribution in [3.8, 4) is 0 Å². The molecule has 3 heterocycles. The van der Waals surface area contributed by atoms with Gasteiger partial charge in [0.15, 0.2) is 0 Å². The molecule has 0 aromatic heterocycles. The molecule has 1 saturated carbocycles. The molecule has 80 valence electrons. The third kappa shape index (κ3) is 1.59. The number of nitrogens with zero attached hydrogens (tertiary/aromatic N) is 1. The Bertz CT molecular complexity index is 190. The van der Waals surface area contributed by atoms with Crippen molar-refractivity contribution in [2.45, 2.75) is 50.6 Å². The van der Waals surface area contributed by atoms with Crippen molar-refractivity contribution in [2.75, 3.05) is 19.6 Å². The van der Waals surface area contributed by atoms with Crippen LogP contribution in [0.5, 0.6) is 0 Å². The van der Waals surface area contributed by atoms with Crippen molar-refractivity contribution in [1.82, 2.24) is 10.2 Å². The summed E-state index contributed by atoms with van der Waals surface area (Å²) in [5.41, 5.74) is 0. The fourth-order valence-electron chi connectivity index (χ4n) is 3.67. The molecule has 14 heavy (non-hydrogen) atoms. The van der Waals surface area contributed by atoms with Crippen LogP contribution in [0.1, 0.15) is 38.5 Å². The summed E-state index contributed by atoms with van der Waals surface area (Å²) in [5.74, 6) is 1.04. The first-order valence-electron chi connectivity index (χ1n) is 6.40. The standard InChI is InChI=1S/C12H22N2/c1-2-12(8-13-7-1)14-9-10-3-5-11(14)6-4-10/h10-13H,1-9H2. The van der Waals surface area contributed by atoms with Gasteiger partial charge in [0.1, 0.15) is 0 Å². The Hall–Kier alpha value is -0.0800. The third-order valence-electron chi connectivity index (χ3n) is 4.49. The normalized spacial score (nSPS) is 44.1. The molecule has 1 unspecified atom stereocenters. The van der Waals surface area contributed by atoms with E-state index in [2.05, 4.69) is 10.2 Å². The lowest BCUT2D eigenvalue weighted by Crippen LogP contribution is -2.56. The lowest BCUT2D eigenvalue weighted by atomic mass is 9.78. The van der Waals surface area contributed by atoms with E-state index in [4.69, 9.17) is 0 Å². The van der Waals surface area contributed by atoms with E-state index in [0.29, 0.717) is 0 Å². The van der Waals surface area contributed by atoms with Crippen LogP contribution in [-0.2, 0) is 0 Å². The summed E-state index contributed by atoms with van der Waals surface area (Å²) in [6.45, 7) is 3.92. The molecule has 4 rings (SSSR count). The summed E-state index contributed by atoms with van der Waals surface area (Å²) in [5, 5.41) is 3.55. The number of nitrogens with one attached hydrogen (secondary N) is 1. The van der Waals surface area contributed by atoms with Gasteiger partial charge in [0.2, 0.25) is 0 Å². The molecular formula is C12H22N2. The topological polar surface area (TPSA) is 15.3 Å². The van der Waals surface area contributed by atoms with Gasteiger partial charge in [-0.2, -0.15) is 0 Å². The van der Waals surface area contributed by atoms with Gasteiger partial charge in [0, 0.05) is 25.2 Å². The molecule has 2 nitrogen and oxygen atoms in total. The lowest BCUT2D eigenvalue weighted by Gasteiger charge is -2.49. The highest BCUT2D eigenvalue weighted by Gasteiger charge is 2.37. The Kier molecular flexibility index (Phi) is 2.50. The number of hydrogen-bond donors (Lipinski definition) is 1. The zero-order valence-corrected chi connectivity index (χ0v) is 9.04. The van der Waals surface area contributed by atoms with Gasteiger partial charge in [-0.3, -0.25) is 4.90 Å². The molecule has 0 aromatic carbocycles. The Labute approximate surface area is 87.0 Å². The fourth-order valence-corrected chi connectivity index (χ4v) is 3.67. The summed E-state index contributed by atoms with van der Waals surface area (Å²) < 4.78 is 0. The van der Waals surface area contributed by atoms with Crippen LogP contribution in [0.4, 0.5) is 0 Å². The molecule has 2 bridgehead atoms. The van der Waals surface area contributed by atoms with Crippen molar-refractivity contribution in [3.63, 3.8) is 0 Å². The minimum atomic E-state index is 0.872. The van der Waals surface area contributed by atoms with Crippen molar-refractivity contribution in [1.29, 1.82) is 0 Å². The van der Waals surface area contributed by atoms with Crippen molar-refractivity contribution < 1.29 is 0 Å². The number of hydrogen-bond acceptors (Lipinski definition) is 2. The van der Waals surface area contributed by atoms with Crippen LogP contribution in [0.15, 0.2) is 0 Å². The van der Waals surface area contributed by atoms with Gasteiger partial charge in [-0.05, 0) is 51.0 Å². The minimum Gasteiger partial charge on any atom is -0.315 e. The summed E-state index contributed by atoms with van der Waals surface area (Å²) in [7, 11) is 0. The SMILES string of the molecule is C1CNCC(N2CC3CCC2CC3)C1. The van der Waals surface area contributed by atoms with Crippen LogP contribution < -0.4 is 5.32 Å². The van der Waals surface area contributed by atoms with E-state index in [1.54, 1.807) is 0 Å². The molecule has 0 amide bonds. The highest BCUT2D eigenvalue weighted by Crippen LogP contribution is 2.36. The second kappa shape index (κ2) is 3.82. The van der Waals surface area contributed by atoms with Gasteiger partial charge in [0.25, 0.3) is 0 Å². The first-order valence-corrected chi connectivity index (χ1v) is 6.40. The highest BCUT2D eigenvalue weighted by molar-refractivity contribution is 4.92. The summed E-state index contributed by atoms with van der Waals surface area (Å²) >= 11 is 0. The summed E-state index contributed by atoms with van der Waals surface area (Å²) in [6, 6.07) is 1.82. The third-order valence-corrected chi connectivity index (χ3v) is 4.49. The van der Waals surface area contributed by atoms with E-state index < -0.39 is 0 Å². The predicted octanol–water partition coefficient (Wildman–Crippen LogP) is 1.61. The first kappa shape index (κ1) is 9.17. The zero-order valence-electron chi connectivity index (χ0n) is 9.04. The van der Waals surface area contributed by atoms with Gasteiger partial charge in [0.05, 0.1) is 0 Å². The van der Waals surface area contributed by atoms with E-state index in [1.165, 1.54) is 58.2 Å². The van der Waals surface area contributed by atoms with E-state index in [-0.39, 0.29) is 0 Å². The largest absolute Gasteiger partial charge is 0.315 e. The van der Waals surface area contributed by atoms with E-state index in [9.17, 15) is 0 Å². The molecule has 0 aromatic rings. The van der Waals surface area contributed by atoms with Crippen molar-refractivity contribution in [2.24, 2.45) is 5.92 Å². The van der Waals surface area contributed by atoms with E-state index in [1.807, 2.05) is 0 Å². The molecule has 4 fully saturated rings. The van der Waals surface area contributed by atoms with E-state index >= 15 is 0 Å². The maximum atomic E-state index is 3.55. The van der Waals surface area contributed by atoms with Crippen LogP contribution in [0.3, 0.4) is 0 Å². The molecule has 1 N–H and O–H groups in total. The van der Waals surface area contributed by atoms with Gasteiger partial charge < -0.3 is 5.32 Å². The van der Waals surface area contributed by atoms with Crippen LogP contribution >= 0.6 is 0 Å². The maximum Gasteiger partial charge on any atom is 0.0224 e. The zero-order chi connectivity index (χ0) is 9.38. The second-order valence-corrected chi connectivity index (χ2v) is 5.37. The number of fused-ring (bicyclic) bond motifs is 3. The molecule has 4 aliphatic rings. The molecule has 1 atom stereocenters. The predicted molar refractivity (Wildman–Crippen MR) is 58.3 cm³/mol. The molecule has 0 radical (unpaired) electrons. The lowest BCUT2D eigenvalue weighted by molar-refractivity contribution is 0.00612. The minimum absolute atomic E-state index is 0.872. The van der Waals surface area contributed by atoms with E-state index in [0.717, 1.165) is 18.0 Å². The Morgan fingerprint density at radius 2 is 1.79 bits per heavy atom. The average molecular weight is 194 g/mol. The Morgan fingerprint density at radius 3 is 2.36 bits per heavy atom. The quantitative estimate of drug-likeness (QED) is 0.682. The maximum absolute atomic E-state index is 3.55. The van der Waals surface area contributed by atoms with Crippen molar-refractivity contribution in [3.05, 3.63) is 0 Å². The van der Waals surface area contributed by atoms with Crippen LogP contribution in [0, 0.1) is 5.92 Å². The molecular weight excluding hydrogens is 172 g/mol. The first-order chi connectivity index (χ1) is 6.93. The fraction of sp³-hybridized carbons (Fsp3) is 1.00. The Morgan fingerprint density at radius 1 is 0.929 bits per heavy atom. The average Bonchev–Trinajstić information content (AvgIpc) is 2.32. The van der Waals surface area contributed by atoms with Crippen LogP contribution in [0.2, 0.25) is 0 Å².